The Morgan fingerprint density at radius 1 is 1.14 bits per heavy atom. The Labute approximate surface area is 124 Å². The van der Waals surface area contributed by atoms with Crippen LogP contribution in [0.3, 0.4) is 0 Å². The van der Waals surface area contributed by atoms with Crippen molar-refractivity contribution in [3.8, 4) is 6.07 Å². The molecule has 0 bridgehead atoms. The normalized spacial score (nSPS) is 10.8. The summed E-state index contributed by atoms with van der Waals surface area (Å²) < 4.78 is 4.99. The predicted octanol–water partition coefficient (Wildman–Crippen LogP) is 3.55. The summed E-state index contributed by atoms with van der Waals surface area (Å²) in [6, 6.07) is 18.8. The lowest BCUT2D eigenvalue weighted by molar-refractivity contribution is -0.137. The summed E-state index contributed by atoms with van der Waals surface area (Å²) in [5.74, 6) is -0.390. The van der Waals surface area contributed by atoms with Gasteiger partial charge in [0.1, 0.15) is 0 Å². The molecule has 0 spiro atoms. The van der Waals surface area contributed by atoms with E-state index in [9.17, 15) is 4.79 Å². The molecule has 0 aliphatic carbocycles. The van der Waals surface area contributed by atoms with E-state index in [1.54, 1.807) is 25.1 Å². The summed E-state index contributed by atoms with van der Waals surface area (Å²) >= 11 is 0. The zero-order valence-corrected chi connectivity index (χ0v) is 11.7. The quantitative estimate of drug-likeness (QED) is 0.634. The number of nitriles is 1. The average Bonchev–Trinajstić information content (AvgIpc) is 2.54. The lowest BCUT2D eigenvalue weighted by Crippen LogP contribution is -2.02. The van der Waals surface area contributed by atoms with Crippen molar-refractivity contribution in [2.75, 3.05) is 6.61 Å². The molecule has 0 saturated carbocycles. The minimum absolute atomic E-state index is 0.329. The highest BCUT2D eigenvalue weighted by Gasteiger charge is 2.09. The molecular weight excluding hydrogens is 262 g/mol. The highest BCUT2D eigenvalue weighted by Crippen LogP contribution is 2.24. The molecule has 0 fully saturated rings. The maximum absolute atomic E-state index is 11.8. The summed E-state index contributed by atoms with van der Waals surface area (Å²) in [4.78, 5) is 11.8. The molecule has 3 heteroatoms. The predicted molar refractivity (Wildman–Crippen MR) is 81.3 cm³/mol. The molecule has 0 aromatic heterocycles. The number of nitrogens with zero attached hydrogens (tertiary/aromatic N) is 1. The molecule has 2 rings (SSSR count). The molecule has 0 heterocycles. The van der Waals surface area contributed by atoms with Gasteiger partial charge in [-0.25, -0.2) is 4.79 Å². The Kier molecular flexibility index (Phi) is 4.89. The minimum atomic E-state index is -0.390. The Balaban J connectivity index is 2.51. The summed E-state index contributed by atoms with van der Waals surface area (Å²) in [5.41, 5.74) is 3.01. The van der Waals surface area contributed by atoms with E-state index in [1.807, 2.05) is 36.4 Å². The molecule has 21 heavy (non-hydrogen) atoms. The van der Waals surface area contributed by atoms with E-state index in [4.69, 9.17) is 10.00 Å². The third kappa shape index (κ3) is 3.80. The van der Waals surface area contributed by atoms with Crippen LogP contribution in [0, 0.1) is 11.3 Å². The van der Waals surface area contributed by atoms with Crippen molar-refractivity contribution >= 4 is 11.5 Å². The van der Waals surface area contributed by atoms with E-state index in [1.165, 1.54) is 6.08 Å². The summed E-state index contributed by atoms with van der Waals surface area (Å²) in [5, 5.41) is 9.02. The molecule has 3 nitrogen and oxygen atoms in total. The third-order valence-corrected chi connectivity index (χ3v) is 2.94. The van der Waals surface area contributed by atoms with Crippen LogP contribution in [-0.2, 0) is 9.53 Å². The zero-order valence-electron chi connectivity index (χ0n) is 11.7. The van der Waals surface area contributed by atoms with Gasteiger partial charge in [0, 0.05) is 6.08 Å². The van der Waals surface area contributed by atoms with Crippen molar-refractivity contribution in [2.45, 2.75) is 6.92 Å². The van der Waals surface area contributed by atoms with Gasteiger partial charge < -0.3 is 4.74 Å². The number of hydrogen-bond acceptors (Lipinski definition) is 3. The van der Waals surface area contributed by atoms with Gasteiger partial charge >= 0.3 is 5.97 Å². The smallest absolute Gasteiger partial charge is 0.331 e. The largest absolute Gasteiger partial charge is 0.463 e. The molecule has 0 amide bonds. The lowest BCUT2D eigenvalue weighted by Gasteiger charge is -2.09. The topological polar surface area (TPSA) is 50.1 Å². The van der Waals surface area contributed by atoms with Gasteiger partial charge in [0.25, 0.3) is 0 Å². The average molecular weight is 277 g/mol. The first kappa shape index (κ1) is 14.5. The fourth-order valence-corrected chi connectivity index (χ4v) is 2.01. The van der Waals surface area contributed by atoms with Gasteiger partial charge in [-0.3, -0.25) is 0 Å². The highest BCUT2D eigenvalue weighted by molar-refractivity contribution is 5.96. The van der Waals surface area contributed by atoms with Crippen LogP contribution in [0.5, 0.6) is 0 Å². The van der Waals surface area contributed by atoms with Crippen molar-refractivity contribution in [2.24, 2.45) is 0 Å². The van der Waals surface area contributed by atoms with E-state index >= 15 is 0 Å². The van der Waals surface area contributed by atoms with Crippen molar-refractivity contribution in [1.29, 1.82) is 5.26 Å². The van der Waals surface area contributed by atoms with Crippen LogP contribution in [0.2, 0.25) is 0 Å². The third-order valence-electron chi connectivity index (χ3n) is 2.94. The van der Waals surface area contributed by atoms with Crippen LogP contribution in [0.1, 0.15) is 23.6 Å². The SMILES string of the molecule is CCOC(=O)/C=C(\c1ccccc1)c1cccc(C#N)c1. The number of rotatable bonds is 4. The maximum Gasteiger partial charge on any atom is 0.331 e. The van der Waals surface area contributed by atoms with Crippen LogP contribution in [0.4, 0.5) is 0 Å². The first-order valence-electron chi connectivity index (χ1n) is 6.69. The summed E-state index contributed by atoms with van der Waals surface area (Å²) in [7, 11) is 0. The Morgan fingerprint density at radius 2 is 1.86 bits per heavy atom. The van der Waals surface area contributed by atoms with Crippen molar-refractivity contribution in [3.63, 3.8) is 0 Å². The standard InChI is InChI=1S/C18H15NO2/c1-2-21-18(20)12-17(15-8-4-3-5-9-15)16-10-6-7-14(11-16)13-19/h3-12H,2H2,1H3/b17-12+. The van der Waals surface area contributed by atoms with Crippen LogP contribution < -0.4 is 0 Å². The number of hydrogen-bond donors (Lipinski definition) is 0. The van der Waals surface area contributed by atoms with E-state index in [2.05, 4.69) is 6.07 Å². The Morgan fingerprint density at radius 3 is 2.52 bits per heavy atom. The van der Waals surface area contributed by atoms with Gasteiger partial charge in [0.2, 0.25) is 0 Å². The highest BCUT2D eigenvalue weighted by atomic mass is 16.5. The summed E-state index contributed by atoms with van der Waals surface area (Å²) in [6.45, 7) is 2.10. The number of carbonyl (C=O) groups excluding carboxylic acids is 1. The Hall–Kier alpha value is -2.86. The zero-order chi connectivity index (χ0) is 15.1. The van der Waals surface area contributed by atoms with E-state index < -0.39 is 5.97 Å². The van der Waals surface area contributed by atoms with E-state index in [-0.39, 0.29) is 0 Å². The molecule has 0 atom stereocenters. The lowest BCUT2D eigenvalue weighted by atomic mass is 9.96. The fourth-order valence-electron chi connectivity index (χ4n) is 2.01. The molecular formula is C18H15NO2. The molecule has 0 aliphatic rings. The molecule has 0 saturated heterocycles. The van der Waals surface area contributed by atoms with Gasteiger partial charge in [-0.1, -0.05) is 42.5 Å². The molecule has 2 aromatic carbocycles. The second kappa shape index (κ2) is 7.06. The van der Waals surface area contributed by atoms with Gasteiger partial charge in [0.05, 0.1) is 18.2 Å². The van der Waals surface area contributed by atoms with Gasteiger partial charge in [0.15, 0.2) is 0 Å². The van der Waals surface area contributed by atoms with E-state index in [0.717, 1.165) is 16.7 Å². The van der Waals surface area contributed by atoms with Gasteiger partial charge in [-0.05, 0) is 35.8 Å². The monoisotopic (exact) mass is 277 g/mol. The fraction of sp³-hybridized carbons (Fsp3) is 0.111. The van der Waals surface area contributed by atoms with Crippen LogP contribution in [-0.4, -0.2) is 12.6 Å². The van der Waals surface area contributed by atoms with Crippen molar-refractivity contribution in [3.05, 3.63) is 77.4 Å². The first-order valence-corrected chi connectivity index (χ1v) is 6.69. The van der Waals surface area contributed by atoms with Crippen molar-refractivity contribution < 1.29 is 9.53 Å². The number of esters is 1. The number of carbonyl (C=O) groups is 1. The van der Waals surface area contributed by atoms with Crippen LogP contribution in [0.15, 0.2) is 60.7 Å². The van der Waals surface area contributed by atoms with Crippen molar-refractivity contribution in [1.82, 2.24) is 0 Å². The first-order chi connectivity index (χ1) is 10.2. The van der Waals surface area contributed by atoms with E-state index in [0.29, 0.717) is 12.2 Å². The van der Waals surface area contributed by atoms with Gasteiger partial charge in [-0.2, -0.15) is 5.26 Å². The molecule has 0 unspecified atom stereocenters. The molecule has 2 aromatic rings. The van der Waals surface area contributed by atoms with Crippen LogP contribution in [0.25, 0.3) is 5.57 Å². The maximum atomic E-state index is 11.8. The second-order valence-corrected chi connectivity index (χ2v) is 4.37. The number of ether oxygens (including phenoxy) is 1. The molecule has 0 aliphatic heterocycles. The molecule has 0 N–H and O–H groups in total. The van der Waals surface area contributed by atoms with Crippen LogP contribution >= 0.6 is 0 Å². The Bertz CT molecular complexity index is 697. The van der Waals surface area contributed by atoms with Gasteiger partial charge in [-0.15, -0.1) is 0 Å². The minimum Gasteiger partial charge on any atom is -0.463 e. The number of benzene rings is 2. The molecule has 104 valence electrons. The molecule has 0 radical (unpaired) electrons. The summed E-state index contributed by atoms with van der Waals surface area (Å²) in [6.07, 6.45) is 1.47. The second-order valence-electron chi connectivity index (χ2n) is 4.37.